The highest BCUT2D eigenvalue weighted by Crippen LogP contribution is 2.25. The van der Waals surface area contributed by atoms with E-state index in [9.17, 15) is 9.59 Å². The van der Waals surface area contributed by atoms with Gasteiger partial charge in [0.05, 0.1) is 20.1 Å². The molecule has 0 fully saturated rings. The highest BCUT2D eigenvalue weighted by atomic mass is 16.6. The number of methoxy groups -OCH3 is 1. The van der Waals surface area contributed by atoms with Crippen LogP contribution in [0.3, 0.4) is 0 Å². The third-order valence-corrected chi connectivity index (χ3v) is 3.95. The summed E-state index contributed by atoms with van der Waals surface area (Å²) < 4.78 is 15.9. The Kier molecular flexibility index (Phi) is 7.23. The van der Waals surface area contributed by atoms with Crippen molar-refractivity contribution in [1.29, 1.82) is 0 Å². The number of benzene rings is 2. The third kappa shape index (κ3) is 6.02. The molecule has 1 unspecified atom stereocenters. The van der Waals surface area contributed by atoms with Gasteiger partial charge >= 0.3 is 5.97 Å². The first-order valence-corrected chi connectivity index (χ1v) is 8.74. The van der Waals surface area contributed by atoms with Crippen LogP contribution in [0.4, 0.5) is 5.69 Å². The number of nitrogens with one attached hydrogen (secondary N) is 1. The molecule has 0 saturated carbocycles. The van der Waals surface area contributed by atoms with Crippen LogP contribution in [0.5, 0.6) is 11.5 Å². The van der Waals surface area contributed by atoms with Gasteiger partial charge < -0.3 is 19.5 Å². The van der Waals surface area contributed by atoms with E-state index in [1.54, 1.807) is 19.2 Å². The molecule has 0 aliphatic heterocycles. The number of hydrogen-bond donors (Lipinski definition) is 1. The molecule has 0 bridgehead atoms. The Morgan fingerprint density at radius 2 is 1.78 bits per heavy atom. The quantitative estimate of drug-likeness (QED) is 0.717. The fourth-order valence-corrected chi connectivity index (χ4v) is 2.48. The zero-order chi connectivity index (χ0) is 19.8. The summed E-state index contributed by atoms with van der Waals surface area (Å²) in [6, 6.07) is 12.9. The SMILES string of the molecule is COc1ccccc1OCCC(=O)OC(C)C(=O)Nc1ccc(C)cc1C. The van der Waals surface area contributed by atoms with Crippen LogP contribution in [0.15, 0.2) is 42.5 Å². The smallest absolute Gasteiger partial charge is 0.310 e. The van der Waals surface area contributed by atoms with Gasteiger partial charge in [-0.3, -0.25) is 9.59 Å². The zero-order valence-corrected chi connectivity index (χ0v) is 16.1. The average Bonchev–Trinajstić information content (AvgIpc) is 2.64. The fraction of sp³-hybridized carbons (Fsp3) is 0.333. The van der Waals surface area contributed by atoms with Crippen molar-refractivity contribution in [1.82, 2.24) is 0 Å². The Labute approximate surface area is 159 Å². The first-order valence-electron chi connectivity index (χ1n) is 8.74. The average molecular weight is 371 g/mol. The summed E-state index contributed by atoms with van der Waals surface area (Å²) >= 11 is 0. The number of para-hydroxylation sites is 2. The van der Waals surface area contributed by atoms with Crippen molar-refractivity contribution < 1.29 is 23.8 Å². The molecule has 2 aromatic carbocycles. The topological polar surface area (TPSA) is 73.9 Å². The lowest BCUT2D eigenvalue weighted by atomic mass is 10.1. The Morgan fingerprint density at radius 3 is 2.44 bits per heavy atom. The van der Waals surface area contributed by atoms with E-state index in [0.717, 1.165) is 11.1 Å². The standard InChI is InChI=1S/C21H25NO5/c1-14-9-10-17(15(2)13-14)22-21(24)16(3)27-20(23)11-12-26-19-8-6-5-7-18(19)25-4/h5-10,13,16H,11-12H2,1-4H3,(H,22,24). The fourth-order valence-electron chi connectivity index (χ4n) is 2.48. The van der Waals surface area contributed by atoms with Crippen LogP contribution in [-0.2, 0) is 14.3 Å². The summed E-state index contributed by atoms with van der Waals surface area (Å²) in [5.41, 5.74) is 2.76. The van der Waals surface area contributed by atoms with Gasteiger partial charge in [0.15, 0.2) is 17.6 Å². The molecule has 1 N–H and O–H groups in total. The van der Waals surface area contributed by atoms with Gasteiger partial charge in [-0.15, -0.1) is 0 Å². The van der Waals surface area contributed by atoms with Crippen molar-refractivity contribution in [2.24, 2.45) is 0 Å². The lowest BCUT2D eigenvalue weighted by Gasteiger charge is -2.15. The van der Waals surface area contributed by atoms with Crippen molar-refractivity contribution in [3.05, 3.63) is 53.6 Å². The summed E-state index contributed by atoms with van der Waals surface area (Å²) in [7, 11) is 1.55. The van der Waals surface area contributed by atoms with Crippen molar-refractivity contribution in [3.63, 3.8) is 0 Å². The Morgan fingerprint density at radius 1 is 1.07 bits per heavy atom. The maximum atomic E-state index is 12.2. The molecule has 2 rings (SSSR count). The van der Waals surface area contributed by atoms with E-state index in [4.69, 9.17) is 14.2 Å². The maximum Gasteiger partial charge on any atom is 0.310 e. The number of aryl methyl sites for hydroxylation is 2. The van der Waals surface area contributed by atoms with Crippen LogP contribution in [-0.4, -0.2) is 31.7 Å². The number of esters is 1. The van der Waals surface area contributed by atoms with Crippen LogP contribution in [0.25, 0.3) is 0 Å². The predicted molar refractivity (Wildman–Crippen MR) is 103 cm³/mol. The Bertz CT molecular complexity index is 803. The molecule has 6 nitrogen and oxygen atoms in total. The lowest BCUT2D eigenvalue weighted by Crippen LogP contribution is -2.30. The number of carbonyl (C=O) groups excluding carboxylic acids is 2. The molecule has 0 aromatic heterocycles. The Balaban J connectivity index is 1.79. The van der Waals surface area contributed by atoms with E-state index < -0.39 is 12.1 Å². The van der Waals surface area contributed by atoms with E-state index in [0.29, 0.717) is 17.2 Å². The third-order valence-electron chi connectivity index (χ3n) is 3.95. The van der Waals surface area contributed by atoms with E-state index in [2.05, 4.69) is 5.32 Å². The number of carbonyl (C=O) groups is 2. The van der Waals surface area contributed by atoms with Crippen LogP contribution >= 0.6 is 0 Å². The molecule has 1 atom stereocenters. The van der Waals surface area contributed by atoms with E-state index in [1.807, 2.05) is 44.2 Å². The molecule has 0 heterocycles. The van der Waals surface area contributed by atoms with Gasteiger partial charge in [0.2, 0.25) is 0 Å². The van der Waals surface area contributed by atoms with Crippen LogP contribution < -0.4 is 14.8 Å². The normalized spacial score (nSPS) is 11.4. The number of rotatable bonds is 8. The predicted octanol–water partition coefficient (Wildman–Crippen LogP) is 3.65. The van der Waals surface area contributed by atoms with Crippen molar-refractivity contribution >= 4 is 17.6 Å². The summed E-state index contributed by atoms with van der Waals surface area (Å²) in [6.45, 7) is 5.56. The van der Waals surface area contributed by atoms with Gasteiger partial charge in [-0.05, 0) is 44.5 Å². The van der Waals surface area contributed by atoms with Gasteiger partial charge in [-0.1, -0.05) is 29.8 Å². The first-order chi connectivity index (χ1) is 12.9. The first kappa shape index (κ1) is 20.3. The van der Waals surface area contributed by atoms with E-state index >= 15 is 0 Å². The molecule has 2 aromatic rings. The highest BCUT2D eigenvalue weighted by Gasteiger charge is 2.18. The van der Waals surface area contributed by atoms with Crippen LogP contribution in [0, 0.1) is 13.8 Å². The Hall–Kier alpha value is -3.02. The molecular formula is C21H25NO5. The molecule has 0 spiro atoms. The van der Waals surface area contributed by atoms with Gasteiger partial charge in [0.25, 0.3) is 5.91 Å². The van der Waals surface area contributed by atoms with Gasteiger partial charge in [-0.25, -0.2) is 0 Å². The zero-order valence-electron chi connectivity index (χ0n) is 16.1. The number of hydrogen-bond acceptors (Lipinski definition) is 5. The second-order valence-electron chi connectivity index (χ2n) is 6.19. The second kappa shape index (κ2) is 9.62. The number of amides is 1. The molecule has 6 heteroatoms. The van der Waals surface area contributed by atoms with Gasteiger partial charge in [0, 0.05) is 5.69 Å². The summed E-state index contributed by atoms with van der Waals surface area (Å²) in [5.74, 6) is 0.259. The molecule has 0 saturated heterocycles. The van der Waals surface area contributed by atoms with Crippen molar-refractivity contribution in [2.75, 3.05) is 19.0 Å². The number of anilines is 1. The molecule has 27 heavy (non-hydrogen) atoms. The molecule has 0 aliphatic carbocycles. The van der Waals surface area contributed by atoms with E-state index in [1.165, 1.54) is 6.92 Å². The highest BCUT2D eigenvalue weighted by molar-refractivity contribution is 5.95. The molecule has 0 aliphatic rings. The molecule has 144 valence electrons. The van der Waals surface area contributed by atoms with Crippen LogP contribution in [0.2, 0.25) is 0 Å². The van der Waals surface area contributed by atoms with Gasteiger partial charge in [0.1, 0.15) is 0 Å². The van der Waals surface area contributed by atoms with E-state index in [-0.39, 0.29) is 18.9 Å². The van der Waals surface area contributed by atoms with Crippen LogP contribution in [0.1, 0.15) is 24.5 Å². The summed E-state index contributed by atoms with van der Waals surface area (Å²) in [5, 5.41) is 2.78. The minimum Gasteiger partial charge on any atom is -0.493 e. The maximum absolute atomic E-state index is 12.2. The monoisotopic (exact) mass is 371 g/mol. The lowest BCUT2D eigenvalue weighted by molar-refractivity contribution is -0.153. The number of ether oxygens (including phenoxy) is 3. The summed E-state index contributed by atoms with van der Waals surface area (Å²) in [4.78, 5) is 24.2. The van der Waals surface area contributed by atoms with Gasteiger partial charge in [-0.2, -0.15) is 0 Å². The molecule has 0 radical (unpaired) electrons. The minimum absolute atomic E-state index is 0.0270. The molecular weight excluding hydrogens is 346 g/mol. The summed E-state index contributed by atoms with van der Waals surface area (Å²) in [6.07, 6.45) is -0.872. The van der Waals surface area contributed by atoms with Crippen molar-refractivity contribution in [3.8, 4) is 11.5 Å². The van der Waals surface area contributed by atoms with Crippen molar-refractivity contribution in [2.45, 2.75) is 33.3 Å². The second-order valence-corrected chi connectivity index (χ2v) is 6.19. The minimum atomic E-state index is -0.899. The molecule has 1 amide bonds. The largest absolute Gasteiger partial charge is 0.493 e.